The Kier molecular flexibility index (Phi) is 13.5. The smallest absolute Gasteiger partial charge is 0.343 e. The van der Waals surface area contributed by atoms with E-state index >= 15 is 0 Å². The second-order valence-electron chi connectivity index (χ2n) is 12.7. The van der Waals surface area contributed by atoms with E-state index in [1.54, 1.807) is 65.7 Å². The van der Waals surface area contributed by atoms with E-state index in [0.717, 1.165) is 24.1 Å². The van der Waals surface area contributed by atoms with Crippen molar-refractivity contribution >= 4 is 35.1 Å². The van der Waals surface area contributed by atoms with Crippen molar-refractivity contribution in [1.82, 2.24) is 10.4 Å². The fourth-order valence-corrected chi connectivity index (χ4v) is 5.60. The van der Waals surface area contributed by atoms with Gasteiger partial charge in [-0.2, -0.15) is 5.53 Å². The standard InChI is InChI=1S/C40H44N6O7/c1-3-4-5-6-7-24-52-35-22-14-32(15-23-35)40(51)53-36-20-10-30(11-21-36)26-45(27-38(48)49)39(50)31-12-16-33(17-13-31)41-37(47)25-29-8-18-34(19-9-29)46-28(2)42-43-44-46/h8-23,28H,3-7,24-27H2,1-2H3,(H,41,47)(H,42,44)(H,48,49). The Labute approximate surface area is 308 Å². The summed E-state index contributed by atoms with van der Waals surface area (Å²) in [5.74, 6) is -1.43. The van der Waals surface area contributed by atoms with Gasteiger partial charge in [0.2, 0.25) is 5.91 Å². The van der Waals surface area contributed by atoms with Crippen LogP contribution in [0, 0.1) is 0 Å². The first-order valence-corrected chi connectivity index (χ1v) is 17.7. The number of carbonyl (C=O) groups excluding carboxylic acids is 3. The largest absolute Gasteiger partial charge is 0.494 e. The number of unbranched alkanes of at least 4 members (excludes halogenated alkanes) is 4. The lowest BCUT2D eigenvalue weighted by Crippen LogP contribution is -2.35. The molecule has 0 spiro atoms. The maximum Gasteiger partial charge on any atom is 0.343 e. The Balaban J connectivity index is 1.11. The highest BCUT2D eigenvalue weighted by molar-refractivity contribution is 5.97. The highest BCUT2D eigenvalue weighted by atomic mass is 16.5. The number of anilines is 2. The van der Waals surface area contributed by atoms with Gasteiger partial charge in [0.15, 0.2) is 6.17 Å². The molecule has 0 bridgehead atoms. The average Bonchev–Trinajstić information content (AvgIpc) is 3.59. The van der Waals surface area contributed by atoms with Crippen molar-refractivity contribution in [3.05, 3.63) is 119 Å². The molecule has 2 amide bonds. The number of amides is 2. The highest BCUT2D eigenvalue weighted by Crippen LogP contribution is 2.22. The van der Waals surface area contributed by atoms with E-state index in [9.17, 15) is 24.3 Å². The van der Waals surface area contributed by atoms with Gasteiger partial charge in [-0.1, -0.05) is 62.1 Å². The first-order chi connectivity index (χ1) is 25.7. The average molecular weight is 721 g/mol. The maximum absolute atomic E-state index is 13.4. The molecule has 1 atom stereocenters. The zero-order chi connectivity index (χ0) is 37.6. The van der Waals surface area contributed by atoms with Gasteiger partial charge < -0.3 is 24.8 Å². The lowest BCUT2D eigenvalue weighted by molar-refractivity contribution is -0.137. The summed E-state index contributed by atoms with van der Waals surface area (Å²) >= 11 is 0. The molecule has 1 aliphatic rings. The van der Waals surface area contributed by atoms with Crippen molar-refractivity contribution in [3.63, 3.8) is 0 Å². The van der Waals surface area contributed by atoms with E-state index in [2.05, 4.69) is 28.1 Å². The van der Waals surface area contributed by atoms with E-state index in [0.29, 0.717) is 34.9 Å². The minimum absolute atomic E-state index is 0.00692. The Morgan fingerprint density at radius 3 is 2.09 bits per heavy atom. The van der Waals surface area contributed by atoms with E-state index in [4.69, 9.17) is 9.47 Å². The molecule has 0 saturated carbocycles. The molecule has 0 fully saturated rings. The number of benzene rings is 4. The topological polar surface area (TPSA) is 162 Å². The number of hydrogen-bond acceptors (Lipinski definition) is 10. The first kappa shape index (κ1) is 38.0. The summed E-state index contributed by atoms with van der Waals surface area (Å²) in [5, 5.41) is 22.0. The fourth-order valence-electron chi connectivity index (χ4n) is 5.60. The second-order valence-corrected chi connectivity index (χ2v) is 12.7. The van der Waals surface area contributed by atoms with Crippen molar-refractivity contribution in [2.24, 2.45) is 10.3 Å². The summed E-state index contributed by atoms with van der Waals surface area (Å²) in [6.45, 7) is 4.20. The predicted octanol–water partition coefficient (Wildman–Crippen LogP) is 7.20. The van der Waals surface area contributed by atoms with Gasteiger partial charge >= 0.3 is 11.9 Å². The van der Waals surface area contributed by atoms with Crippen LogP contribution in [0.1, 0.15) is 77.8 Å². The summed E-state index contributed by atoms with van der Waals surface area (Å²) in [6, 6.07) is 27.1. The second kappa shape index (κ2) is 18.8. The van der Waals surface area contributed by atoms with Crippen LogP contribution in [0.15, 0.2) is 107 Å². The Bertz CT molecular complexity index is 1860. The maximum atomic E-state index is 13.4. The SMILES string of the molecule is CCCCCCCOc1ccc(C(=O)Oc2ccc(CN(CC(=O)O)C(=O)c3ccc(NC(=O)Cc4ccc(N5NN=NC5C)cc4)cc3)cc2)cc1. The molecule has 0 aliphatic carbocycles. The lowest BCUT2D eigenvalue weighted by atomic mass is 10.1. The quantitative estimate of drug-likeness (QED) is 0.0548. The van der Waals surface area contributed by atoms with E-state index < -0.39 is 24.4 Å². The molecular formula is C40H44N6O7. The molecular weight excluding hydrogens is 676 g/mol. The number of hydrogen-bond donors (Lipinski definition) is 3. The number of esters is 1. The minimum Gasteiger partial charge on any atom is -0.494 e. The number of hydrazine groups is 1. The van der Waals surface area contributed by atoms with Crippen molar-refractivity contribution in [3.8, 4) is 11.5 Å². The summed E-state index contributed by atoms with van der Waals surface area (Å²) < 4.78 is 11.3. The van der Waals surface area contributed by atoms with Crippen LogP contribution in [0.2, 0.25) is 0 Å². The molecule has 1 heterocycles. The molecule has 276 valence electrons. The van der Waals surface area contributed by atoms with Gasteiger partial charge in [-0.25, -0.2) is 9.80 Å². The predicted molar refractivity (Wildman–Crippen MR) is 200 cm³/mol. The Morgan fingerprint density at radius 1 is 0.811 bits per heavy atom. The number of carboxylic acids is 1. The van der Waals surface area contributed by atoms with Crippen LogP contribution in [-0.4, -0.2) is 53.1 Å². The molecule has 1 unspecified atom stereocenters. The normalized spacial score (nSPS) is 13.2. The van der Waals surface area contributed by atoms with Crippen LogP contribution in [-0.2, 0) is 22.6 Å². The minimum atomic E-state index is -1.17. The summed E-state index contributed by atoms with van der Waals surface area (Å²) in [4.78, 5) is 51.7. The van der Waals surface area contributed by atoms with Gasteiger partial charge in [-0.15, -0.1) is 5.11 Å². The number of rotatable bonds is 18. The van der Waals surface area contributed by atoms with Crippen molar-refractivity contribution < 1.29 is 33.8 Å². The molecule has 1 aliphatic heterocycles. The molecule has 4 aromatic rings. The Morgan fingerprint density at radius 2 is 1.45 bits per heavy atom. The van der Waals surface area contributed by atoms with Gasteiger partial charge in [0, 0.05) is 17.8 Å². The molecule has 53 heavy (non-hydrogen) atoms. The number of nitrogens with one attached hydrogen (secondary N) is 2. The fraction of sp³-hybridized carbons (Fsp3) is 0.300. The molecule has 13 nitrogen and oxygen atoms in total. The van der Waals surface area contributed by atoms with Crippen LogP contribution in [0.5, 0.6) is 11.5 Å². The zero-order valence-corrected chi connectivity index (χ0v) is 29.9. The monoisotopic (exact) mass is 720 g/mol. The third-order valence-corrected chi connectivity index (χ3v) is 8.47. The van der Waals surface area contributed by atoms with Gasteiger partial charge in [0.25, 0.3) is 5.91 Å². The van der Waals surface area contributed by atoms with E-state index in [1.165, 1.54) is 36.3 Å². The molecule has 0 saturated heterocycles. The van der Waals surface area contributed by atoms with Crippen LogP contribution in [0.4, 0.5) is 11.4 Å². The summed E-state index contributed by atoms with van der Waals surface area (Å²) in [5.41, 5.74) is 6.27. The highest BCUT2D eigenvalue weighted by Gasteiger charge is 2.20. The molecule has 13 heteroatoms. The van der Waals surface area contributed by atoms with E-state index in [1.807, 2.05) is 31.2 Å². The molecule has 5 rings (SSSR count). The van der Waals surface area contributed by atoms with Crippen LogP contribution in [0.3, 0.4) is 0 Å². The lowest BCUT2D eigenvalue weighted by Gasteiger charge is -2.21. The van der Waals surface area contributed by atoms with Gasteiger partial charge in [-0.05, 0) is 97.3 Å². The van der Waals surface area contributed by atoms with Gasteiger partial charge in [-0.3, -0.25) is 14.4 Å². The number of aliphatic carboxylic acids is 1. The third kappa shape index (κ3) is 11.4. The summed E-state index contributed by atoms with van der Waals surface area (Å²) in [6.07, 6.45) is 5.76. The van der Waals surface area contributed by atoms with Gasteiger partial charge in [0.05, 0.1) is 24.3 Å². The van der Waals surface area contributed by atoms with Crippen molar-refractivity contribution in [2.75, 3.05) is 23.5 Å². The first-order valence-electron chi connectivity index (χ1n) is 17.7. The third-order valence-electron chi connectivity index (χ3n) is 8.47. The van der Waals surface area contributed by atoms with Crippen LogP contribution >= 0.6 is 0 Å². The number of carbonyl (C=O) groups is 4. The number of carboxylic acid groups (broad SMARTS) is 1. The number of nitrogens with zero attached hydrogens (tertiary/aromatic N) is 4. The molecule has 0 radical (unpaired) electrons. The Hall–Kier alpha value is -6.24. The number of ether oxygens (including phenoxy) is 2. The van der Waals surface area contributed by atoms with Crippen LogP contribution < -0.4 is 25.3 Å². The van der Waals surface area contributed by atoms with E-state index in [-0.39, 0.29) is 30.6 Å². The molecule has 0 aromatic heterocycles. The summed E-state index contributed by atoms with van der Waals surface area (Å²) in [7, 11) is 0. The molecule has 4 aromatic carbocycles. The van der Waals surface area contributed by atoms with Gasteiger partial charge in [0.1, 0.15) is 18.0 Å². The van der Waals surface area contributed by atoms with Crippen LogP contribution in [0.25, 0.3) is 0 Å². The van der Waals surface area contributed by atoms with Crippen molar-refractivity contribution in [1.29, 1.82) is 0 Å². The molecule has 3 N–H and O–H groups in total. The van der Waals surface area contributed by atoms with Crippen molar-refractivity contribution in [2.45, 2.75) is 65.1 Å². The zero-order valence-electron chi connectivity index (χ0n) is 29.9.